The van der Waals surface area contributed by atoms with Crippen LogP contribution in [0.4, 0.5) is 5.82 Å². The number of hydrogen-bond acceptors (Lipinski definition) is 6. The third-order valence-corrected chi connectivity index (χ3v) is 4.93. The number of aromatic nitrogens is 2. The molecule has 3 rings (SSSR count). The van der Waals surface area contributed by atoms with Crippen molar-refractivity contribution in [3.63, 3.8) is 0 Å². The van der Waals surface area contributed by atoms with Crippen LogP contribution >= 0.6 is 0 Å². The summed E-state index contributed by atoms with van der Waals surface area (Å²) in [6.45, 7) is 7.85. The second-order valence-corrected chi connectivity index (χ2v) is 6.66. The minimum absolute atomic E-state index is 0.238. The van der Waals surface area contributed by atoms with Crippen molar-refractivity contribution in [2.75, 3.05) is 57.8 Å². The second kappa shape index (κ2) is 7.23. The molecule has 0 aliphatic carbocycles. The fourth-order valence-electron chi connectivity index (χ4n) is 3.37. The van der Waals surface area contributed by atoms with Crippen LogP contribution in [0.25, 0.3) is 0 Å². The Balaban J connectivity index is 1.50. The molecular formula is C16H26N6O. The molecule has 1 aromatic rings. The van der Waals surface area contributed by atoms with Crippen molar-refractivity contribution < 1.29 is 4.79 Å². The number of likely N-dealkylation sites (N-methyl/N-ethyl adjacent to an activating group) is 1. The van der Waals surface area contributed by atoms with Gasteiger partial charge in [0.2, 0.25) is 0 Å². The van der Waals surface area contributed by atoms with Gasteiger partial charge in [0.05, 0.1) is 12.4 Å². The molecule has 0 atom stereocenters. The molecule has 1 aromatic heterocycles. The van der Waals surface area contributed by atoms with Crippen molar-refractivity contribution in [1.29, 1.82) is 0 Å². The lowest BCUT2D eigenvalue weighted by molar-refractivity contribution is 0.0995. The zero-order chi connectivity index (χ0) is 16.2. The molecule has 7 nitrogen and oxygen atoms in total. The van der Waals surface area contributed by atoms with Crippen LogP contribution in [0.1, 0.15) is 23.3 Å². The van der Waals surface area contributed by atoms with Crippen LogP contribution in [-0.2, 0) is 0 Å². The molecule has 2 aliphatic rings. The first kappa shape index (κ1) is 16.1. The lowest BCUT2D eigenvalue weighted by Crippen LogP contribution is -2.47. The highest BCUT2D eigenvalue weighted by Gasteiger charge is 2.24. The molecule has 0 aromatic carbocycles. The van der Waals surface area contributed by atoms with Crippen LogP contribution in [0.3, 0.4) is 0 Å². The largest absolute Gasteiger partial charge is 0.364 e. The van der Waals surface area contributed by atoms with E-state index in [-0.39, 0.29) is 5.69 Å². The van der Waals surface area contributed by atoms with Crippen LogP contribution in [-0.4, -0.2) is 78.5 Å². The summed E-state index contributed by atoms with van der Waals surface area (Å²) >= 11 is 0. The van der Waals surface area contributed by atoms with E-state index in [9.17, 15) is 4.79 Å². The highest BCUT2D eigenvalue weighted by atomic mass is 16.1. The summed E-state index contributed by atoms with van der Waals surface area (Å²) in [6.07, 6.45) is 5.46. The molecule has 2 saturated heterocycles. The van der Waals surface area contributed by atoms with E-state index in [1.54, 1.807) is 6.20 Å². The van der Waals surface area contributed by atoms with Gasteiger partial charge in [-0.1, -0.05) is 0 Å². The number of anilines is 1. The Bertz CT molecular complexity index is 535. The quantitative estimate of drug-likeness (QED) is 0.844. The number of nitrogens with zero attached hydrogens (tertiary/aromatic N) is 5. The highest BCUT2D eigenvalue weighted by molar-refractivity contribution is 5.90. The Morgan fingerprint density at radius 3 is 2.52 bits per heavy atom. The number of primary amides is 1. The van der Waals surface area contributed by atoms with Crippen LogP contribution in [0.2, 0.25) is 0 Å². The molecule has 7 heteroatoms. The summed E-state index contributed by atoms with van der Waals surface area (Å²) in [5.41, 5.74) is 5.52. The molecule has 126 valence electrons. The van der Waals surface area contributed by atoms with E-state index in [2.05, 4.69) is 31.7 Å². The van der Waals surface area contributed by atoms with Gasteiger partial charge in [0.1, 0.15) is 11.5 Å². The predicted molar refractivity (Wildman–Crippen MR) is 89.4 cm³/mol. The Hall–Kier alpha value is -1.73. The Labute approximate surface area is 137 Å². The minimum atomic E-state index is -0.524. The first-order valence-corrected chi connectivity index (χ1v) is 8.39. The normalized spacial score (nSPS) is 21.5. The highest BCUT2D eigenvalue weighted by Crippen LogP contribution is 2.22. The molecule has 2 N–H and O–H groups in total. The van der Waals surface area contributed by atoms with E-state index in [1.165, 1.54) is 38.9 Å². The molecule has 0 bridgehead atoms. The van der Waals surface area contributed by atoms with Crippen LogP contribution in [0.15, 0.2) is 12.4 Å². The summed E-state index contributed by atoms with van der Waals surface area (Å²) in [6, 6.07) is 0. The molecular weight excluding hydrogens is 292 g/mol. The van der Waals surface area contributed by atoms with Crippen molar-refractivity contribution in [2.45, 2.75) is 12.8 Å². The third kappa shape index (κ3) is 4.17. The smallest absolute Gasteiger partial charge is 0.268 e. The Morgan fingerprint density at radius 1 is 1.17 bits per heavy atom. The summed E-state index contributed by atoms with van der Waals surface area (Å²) < 4.78 is 0. The fourth-order valence-corrected chi connectivity index (χ4v) is 3.37. The van der Waals surface area contributed by atoms with Crippen molar-refractivity contribution >= 4 is 11.7 Å². The van der Waals surface area contributed by atoms with Crippen molar-refractivity contribution in [1.82, 2.24) is 19.8 Å². The van der Waals surface area contributed by atoms with Gasteiger partial charge in [0.25, 0.3) is 5.91 Å². The average molecular weight is 318 g/mol. The fraction of sp³-hybridized carbons (Fsp3) is 0.688. The summed E-state index contributed by atoms with van der Waals surface area (Å²) in [7, 11) is 2.19. The van der Waals surface area contributed by atoms with Gasteiger partial charge in [-0.3, -0.25) is 9.78 Å². The number of piperazine rings is 1. The molecule has 3 heterocycles. The topological polar surface area (TPSA) is 78.6 Å². The van der Waals surface area contributed by atoms with Crippen molar-refractivity contribution in [3.8, 4) is 0 Å². The molecule has 0 saturated carbocycles. The maximum absolute atomic E-state index is 11.2. The van der Waals surface area contributed by atoms with Gasteiger partial charge in [-0.15, -0.1) is 0 Å². The standard InChI is InChI=1S/C16H26N6O/c1-20-6-8-21(9-7-20)12-13-2-4-22(5-3-13)15-11-18-10-14(19-15)16(17)23/h10-11,13H,2-9,12H2,1H3,(H2,17,23). The molecule has 0 spiro atoms. The number of piperidine rings is 1. The summed E-state index contributed by atoms with van der Waals surface area (Å²) in [5.74, 6) is 0.991. The second-order valence-electron chi connectivity index (χ2n) is 6.66. The first-order valence-electron chi connectivity index (χ1n) is 8.39. The molecule has 23 heavy (non-hydrogen) atoms. The van der Waals surface area contributed by atoms with Gasteiger partial charge in [-0.2, -0.15) is 0 Å². The Kier molecular flexibility index (Phi) is 5.07. The molecule has 2 aliphatic heterocycles. The zero-order valence-corrected chi connectivity index (χ0v) is 13.8. The van der Waals surface area contributed by atoms with Gasteiger partial charge < -0.3 is 20.4 Å². The van der Waals surface area contributed by atoms with E-state index >= 15 is 0 Å². The number of nitrogens with two attached hydrogens (primary N) is 1. The number of amides is 1. The molecule has 1 amide bonds. The molecule has 0 unspecified atom stereocenters. The monoisotopic (exact) mass is 318 g/mol. The maximum Gasteiger partial charge on any atom is 0.268 e. The average Bonchev–Trinajstić information content (AvgIpc) is 2.58. The molecule has 2 fully saturated rings. The predicted octanol–water partition coefficient (Wildman–Crippen LogP) is 0.0393. The van der Waals surface area contributed by atoms with Crippen molar-refractivity contribution in [2.24, 2.45) is 11.7 Å². The minimum Gasteiger partial charge on any atom is -0.364 e. The lowest BCUT2D eigenvalue weighted by Gasteiger charge is -2.38. The van der Waals surface area contributed by atoms with E-state index in [4.69, 9.17) is 5.73 Å². The van der Waals surface area contributed by atoms with E-state index in [0.717, 1.165) is 37.7 Å². The van der Waals surface area contributed by atoms with Gasteiger partial charge in [0.15, 0.2) is 0 Å². The van der Waals surface area contributed by atoms with Gasteiger partial charge >= 0.3 is 0 Å². The van der Waals surface area contributed by atoms with Gasteiger partial charge in [0, 0.05) is 45.8 Å². The summed E-state index contributed by atoms with van der Waals surface area (Å²) in [5, 5.41) is 0. The first-order chi connectivity index (χ1) is 11.1. The number of carbonyl (C=O) groups excluding carboxylic acids is 1. The van der Waals surface area contributed by atoms with E-state index < -0.39 is 5.91 Å². The lowest BCUT2D eigenvalue weighted by atomic mass is 9.96. The summed E-state index contributed by atoms with van der Waals surface area (Å²) in [4.78, 5) is 26.8. The van der Waals surface area contributed by atoms with E-state index in [1.807, 2.05) is 0 Å². The SMILES string of the molecule is CN1CCN(CC2CCN(c3cncc(C(N)=O)n3)CC2)CC1. The zero-order valence-electron chi connectivity index (χ0n) is 13.8. The van der Waals surface area contributed by atoms with Crippen molar-refractivity contribution in [3.05, 3.63) is 18.1 Å². The van der Waals surface area contributed by atoms with Gasteiger partial charge in [-0.05, 0) is 25.8 Å². The van der Waals surface area contributed by atoms with Crippen LogP contribution < -0.4 is 10.6 Å². The van der Waals surface area contributed by atoms with Crippen LogP contribution in [0.5, 0.6) is 0 Å². The van der Waals surface area contributed by atoms with Crippen LogP contribution in [0, 0.1) is 5.92 Å². The number of hydrogen-bond donors (Lipinski definition) is 1. The Morgan fingerprint density at radius 2 is 1.87 bits per heavy atom. The molecule has 0 radical (unpaired) electrons. The number of carbonyl (C=O) groups is 1. The number of rotatable bonds is 4. The van der Waals surface area contributed by atoms with E-state index in [0.29, 0.717) is 0 Å². The third-order valence-electron chi connectivity index (χ3n) is 4.93. The maximum atomic E-state index is 11.2. The van der Waals surface area contributed by atoms with Gasteiger partial charge in [-0.25, -0.2) is 4.98 Å².